The number of para-hydroxylation sites is 2. The Morgan fingerprint density at radius 2 is 0.906 bits per heavy atom. The molecule has 10 heteroatoms. The minimum absolute atomic E-state index is 0.263. The number of nitrogens with zero attached hydrogens (tertiary/aromatic N) is 7. The van der Waals surface area contributed by atoms with Crippen molar-refractivity contribution < 1.29 is 13.2 Å². The highest BCUT2D eigenvalue weighted by molar-refractivity contribution is 6.11. The van der Waals surface area contributed by atoms with E-state index in [0.717, 1.165) is 55.3 Å². The van der Waals surface area contributed by atoms with E-state index in [2.05, 4.69) is 16.7 Å². The summed E-state index contributed by atoms with van der Waals surface area (Å²) in [6.07, 6.45) is -4.69. The summed E-state index contributed by atoms with van der Waals surface area (Å²) in [6.45, 7) is 0. The molecule has 3 aromatic heterocycles. The molecule has 0 atom stereocenters. The van der Waals surface area contributed by atoms with Crippen molar-refractivity contribution in [3.05, 3.63) is 199 Å². The number of halogens is 3. The number of aromatic nitrogens is 5. The summed E-state index contributed by atoms with van der Waals surface area (Å²) in [5, 5.41) is 23.1. The molecular formula is C54H30F3N7. The van der Waals surface area contributed by atoms with Crippen molar-refractivity contribution in [3.8, 4) is 68.8 Å². The lowest BCUT2D eigenvalue weighted by Crippen LogP contribution is -2.08. The predicted molar refractivity (Wildman–Crippen MR) is 245 cm³/mol. The Kier molecular flexibility index (Phi) is 8.89. The van der Waals surface area contributed by atoms with Crippen LogP contribution in [-0.2, 0) is 6.18 Å². The van der Waals surface area contributed by atoms with E-state index >= 15 is 13.2 Å². The van der Waals surface area contributed by atoms with E-state index in [1.54, 1.807) is 12.1 Å². The molecule has 0 unspecified atom stereocenters. The largest absolute Gasteiger partial charge is 0.416 e. The van der Waals surface area contributed by atoms with Gasteiger partial charge in [0.1, 0.15) is 0 Å². The van der Waals surface area contributed by atoms with Crippen LogP contribution in [0.5, 0.6) is 0 Å². The zero-order valence-corrected chi connectivity index (χ0v) is 33.6. The Morgan fingerprint density at radius 3 is 1.47 bits per heavy atom. The van der Waals surface area contributed by atoms with Crippen LogP contribution in [0.1, 0.15) is 16.7 Å². The van der Waals surface area contributed by atoms with Crippen LogP contribution in [0.15, 0.2) is 182 Å². The number of alkyl halides is 3. The Balaban J connectivity index is 1.27. The molecule has 11 rings (SSSR count). The van der Waals surface area contributed by atoms with E-state index < -0.39 is 11.7 Å². The fraction of sp³-hybridized carbons (Fsp3) is 0.0185. The van der Waals surface area contributed by atoms with Crippen molar-refractivity contribution in [2.45, 2.75) is 6.18 Å². The Morgan fingerprint density at radius 1 is 0.406 bits per heavy atom. The van der Waals surface area contributed by atoms with Crippen LogP contribution < -0.4 is 0 Å². The summed E-state index contributed by atoms with van der Waals surface area (Å²) < 4.78 is 49.2. The Hall–Kier alpha value is -8.86. The number of nitriles is 2. The van der Waals surface area contributed by atoms with Crippen LogP contribution >= 0.6 is 0 Å². The van der Waals surface area contributed by atoms with Gasteiger partial charge in [-0.3, -0.25) is 0 Å². The van der Waals surface area contributed by atoms with E-state index in [1.807, 2.05) is 156 Å². The highest BCUT2D eigenvalue weighted by atomic mass is 19.4. The quantitative estimate of drug-likeness (QED) is 0.166. The molecule has 0 radical (unpaired) electrons. The normalized spacial score (nSPS) is 11.6. The Bertz CT molecular complexity index is 3690. The molecule has 0 bridgehead atoms. The molecule has 0 aliphatic heterocycles. The van der Waals surface area contributed by atoms with Crippen molar-refractivity contribution in [3.63, 3.8) is 0 Å². The van der Waals surface area contributed by atoms with Crippen molar-refractivity contribution in [1.82, 2.24) is 24.1 Å². The third-order valence-electron chi connectivity index (χ3n) is 11.7. The maximum absolute atomic E-state index is 15.1. The van der Waals surface area contributed by atoms with Gasteiger partial charge >= 0.3 is 6.18 Å². The minimum Gasteiger partial charge on any atom is -0.309 e. The lowest BCUT2D eigenvalue weighted by molar-refractivity contribution is -0.137. The molecule has 0 saturated heterocycles. The highest BCUT2D eigenvalue weighted by Crippen LogP contribution is 2.44. The molecular weight excluding hydrogens is 804 g/mol. The zero-order chi connectivity index (χ0) is 43.5. The van der Waals surface area contributed by atoms with Crippen molar-refractivity contribution in [2.24, 2.45) is 0 Å². The summed E-state index contributed by atoms with van der Waals surface area (Å²) in [7, 11) is 0. The van der Waals surface area contributed by atoms with E-state index in [9.17, 15) is 10.5 Å². The van der Waals surface area contributed by atoms with Gasteiger partial charge in [-0.1, -0.05) is 97.1 Å². The van der Waals surface area contributed by atoms with Crippen LogP contribution in [0.25, 0.3) is 100 Å². The first kappa shape index (κ1) is 38.1. The molecule has 302 valence electrons. The molecule has 0 fully saturated rings. The molecule has 0 N–H and O–H groups in total. The maximum Gasteiger partial charge on any atom is 0.416 e. The summed E-state index contributed by atoms with van der Waals surface area (Å²) >= 11 is 0. The fourth-order valence-corrected chi connectivity index (χ4v) is 8.76. The van der Waals surface area contributed by atoms with Crippen molar-refractivity contribution in [1.29, 1.82) is 10.5 Å². The lowest BCUT2D eigenvalue weighted by atomic mass is 9.94. The first-order valence-electron chi connectivity index (χ1n) is 20.4. The van der Waals surface area contributed by atoms with Gasteiger partial charge in [-0.05, 0) is 90.5 Å². The molecule has 0 saturated carbocycles. The van der Waals surface area contributed by atoms with E-state index in [-0.39, 0.29) is 11.4 Å². The van der Waals surface area contributed by atoms with Gasteiger partial charge in [-0.15, -0.1) is 0 Å². The predicted octanol–water partition coefficient (Wildman–Crippen LogP) is 13.5. The van der Waals surface area contributed by atoms with Gasteiger partial charge in [0.25, 0.3) is 0 Å². The van der Waals surface area contributed by atoms with E-state index in [4.69, 9.17) is 15.0 Å². The Labute approximate surface area is 363 Å². The monoisotopic (exact) mass is 833 g/mol. The van der Waals surface area contributed by atoms with Crippen molar-refractivity contribution >= 4 is 43.6 Å². The van der Waals surface area contributed by atoms with Crippen LogP contribution in [0, 0.1) is 22.7 Å². The summed E-state index contributed by atoms with van der Waals surface area (Å²) in [6, 6.07) is 59.4. The molecule has 8 aromatic carbocycles. The van der Waals surface area contributed by atoms with E-state index in [0.29, 0.717) is 50.8 Å². The standard InChI is InChI=1S/C54H30F3N7/c55-54(56,57)37-21-26-50(64-47-18-10-8-16-40(47)44-28-34(32-59)20-25-49(44)64)45(29-37)42-30-38(63-46-17-9-7-15-39(46)43-27-33(31-58)19-24-48(43)63)22-23-41(42)53-61-51(35-11-3-1-4-12-35)60-52(62-53)36-13-5-2-6-14-36/h1-30H. The maximum atomic E-state index is 15.1. The first-order valence-corrected chi connectivity index (χ1v) is 20.4. The number of hydrogen-bond acceptors (Lipinski definition) is 5. The molecule has 0 aliphatic rings. The topological polar surface area (TPSA) is 96.1 Å². The zero-order valence-electron chi connectivity index (χ0n) is 33.6. The molecule has 3 heterocycles. The molecule has 11 aromatic rings. The average Bonchev–Trinajstić information content (AvgIpc) is 3.85. The highest BCUT2D eigenvalue weighted by Gasteiger charge is 2.32. The molecule has 7 nitrogen and oxygen atoms in total. The van der Waals surface area contributed by atoms with Gasteiger partial charge in [0.05, 0.1) is 56.6 Å². The third-order valence-corrected chi connectivity index (χ3v) is 11.7. The molecule has 0 spiro atoms. The summed E-state index contributed by atoms with van der Waals surface area (Å²) in [5.74, 6) is 1.06. The smallest absolute Gasteiger partial charge is 0.309 e. The van der Waals surface area contributed by atoms with Gasteiger partial charge < -0.3 is 9.13 Å². The SMILES string of the molecule is N#Cc1ccc2c(c1)c1ccccc1n2-c1ccc(-c2nc(-c3ccccc3)nc(-c3ccccc3)n2)c(-c2cc(C(F)(F)F)ccc2-n2c3ccccc3c3cc(C#N)ccc32)c1. The van der Waals surface area contributed by atoms with Crippen molar-refractivity contribution in [2.75, 3.05) is 0 Å². The van der Waals surface area contributed by atoms with Gasteiger partial charge in [0.2, 0.25) is 0 Å². The first-order chi connectivity index (χ1) is 31.3. The second-order valence-electron chi connectivity index (χ2n) is 15.4. The number of hydrogen-bond donors (Lipinski definition) is 0. The molecule has 0 amide bonds. The number of rotatable bonds is 6. The van der Waals surface area contributed by atoms with Gasteiger partial charge in [-0.25, -0.2) is 15.0 Å². The summed E-state index contributed by atoms with van der Waals surface area (Å²) in [4.78, 5) is 15.0. The lowest BCUT2D eigenvalue weighted by Gasteiger charge is -2.20. The minimum atomic E-state index is -4.69. The molecule has 0 aliphatic carbocycles. The fourth-order valence-electron chi connectivity index (χ4n) is 8.76. The van der Waals surface area contributed by atoms with Crippen LogP contribution in [0.2, 0.25) is 0 Å². The average molecular weight is 834 g/mol. The van der Waals surface area contributed by atoms with E-state index in [1.165, 1.54) is 12.1 Å². The van der Waals surface area contributed by atoms with Gasteiger partial charge in [0.15, 0.2) is 17.5 Å². The van der Waals surface area contributed by atoms with Crippen LogP contribution in [0.4, 0.5) is 13.2 Å². The van der Waals surface area contributed by atoms with Crippen LogP contribution in [0.3, 0.4) is 0 Å². The number of fused-ring (bicyclic) bond motifs is 6. The van der Waals surface area contributed by atoms with Crippen LogP contribution in [-0.4, -0.2) is 24.1 Å². The van der Waals surface area contributed by atoms with Gasteiger partial charge in [0, 0.05) is 49.5 Å². The van der Waals surface area contributed by atoms with Gasteiger partial charge in [-0.2, -0.15) is 23.7 Å². The summed E-state index contributed by atoms with van der Waals surface area (Å²) in [5.41, 5.74) is 7.07. The second kappa shape index (κ2) is 14.9. The number of benzene rings is 8. The molecule has 64 heavy (non-hydrogen) atoms. The second-order valence-corrected chi connectivity index (χ2v) is 15.4. The third kappa shape index (κ3) is 6.32.